The summed E-state index contributed by atoms with van der Waals surface area (Å²) in [6.45, 7) is 1.24. The Morgan fingerprint density at radius 2 is 2.00 bits per heavy atom. The molecule has 0 radical (unpaired) electrons. The van der Waals surface area contributed by atoms with Crippen molar-refractivity contribution in [1.82, 2.24) is 10.4 Å². The van der Waals surface area contributed by atoms with Gasteiger partial charge in [-0.25, -0.2) is 15.1 Å². The van der Waals surface area contributed by atoms with Crippen molar-refractivity contribution in [2.45, 2.75) is 6.92 Å². The minimum absolute atomic E-state index is 0.136. The second-order valence-corrected chi connectivity index (χ2v) is 3.31. The van der Waals surface area contributed by atoms with E-state index >= 15 is 0 Å². The van der Waals surface area contributed by atoms with Crippen LogP contribution >= 0.6 is 0 Å². The van der Waals surface area contributed by atoms with Gasteiger partial charge in [0.15, 0.2) is 6.61 Å². The quantitative estimate of drug-likeness (QED) is 0.420. The Hall–Kier alpha value is -1.87. The van der Waals surface area contributed by atoms with Crippen molar-refractivity contribution >= 4 is 18.0 Å². The third-order valence-electron chi connectivity index (χ3n) is 1.83. The van der Waals surface area contributed by atoms with E-state index in [2.05, 4.69) is 4.84 Å². The van der Waals surface area contributed by atoms with Crippen LogP contribution in [0.2, 0.25) is 0 Å². The van der Waals surface area contributed by atoms with Crippen molar-refractivity contribution in [2.24, 2.45) is 0 Å². The number of nitrogens with one attached hydrogen (secondary N) is 1. The summed E-state index contributed by atoms with van der Waals surface area (Å²) in [4.78, 5) is 38.6. The number of carbonyl (C=O) groups excluding carboxylic acids is 2. The Labute approximate surface area is 110 Å². The average molecular weight is 278 g/mol. The zero-order chi connectivity index (χ0) is 14.7. The highest BCUT2D eigenvalue weighted by atomic mass is 16.7. The van der Waals surface area contributed by atoms with E-state index in [9.17, 15) is 14.4 Å². The second kappa shape index (κ2) is 10.1. The molecule has 0 saturated heterocycles. The van der Waals surface area contributed by atoms with E-state index < -0.39 is 24.6 Å². The summed E-state index contributed by atoms with van der Waals surface area (Å²) in [7, 11) is 1.45. The van der Waals surface area contributed by atoms with E-state index in [1.54, 1.807) is 6.92 Å². The van der Waals surface area contributed by atoms with Crippen LogP contribution < -0.4 is 5.48 Å². The number of ether oxygens (including phenoxy) is 2. The Morgan fingerprint density at radius 1 is 1.32 bits per heavy atom. The number of nitrogens with zero attached hydrogens (tertiary/aromatic N) is 1. The molecule has 0 unspecified atom stereocenters. The van der Waals surface area contributed by atoms with E-state index in [-0.39, 0.29) is 26.3 Å². The Balaban J connectivity index is 4.25. The molecule has 0 aromatic rings. The van der Waals surface area contributed by atoms with Gasteiger partial charge in [-0.2, -0.15) is 0 Å². The van der Waals surface area contributed by atoms with Gasteiger partial charge in [0.25, 0.3) is 0 Å². The van der Waals surface area contributed by atoms with Crippen molar-refractivity contribution < 1.29 is 33.8 Å². The van der Waals surface area contributed by atoms with E-state index in [0.29, 0.717) is 0 Å². The molecular weight excluding hydrogens is 260 g/mol. The number of hydrogen-bond donors (Lipinski definition) is 2. The van der Waals surface area contributed by atoms with Gasteiger partial charge in [-0.05, 0) is 6.92 Å². The fourth-order valence-corrected chi connectivity index (χ4v) is 1.04. The molecule has 0 fully saturated rings. The Bertz CT molecular complexity index is 308. The molecule has 0 spiro atoms. The third kappa shape index (κ3) is 8.80. The first kappa shape index (κ1) is 17.1. The van der Waals surface area contributed by atoms with Crippen LogP contribution in [0.1, 0.15) is 6.92 Å². The topological polar surface area (TPSA) is 114 Å². The summed E-state index contributed by atoms with van der Waals surface area (Å²) in [5, 5.41) is 8.34. The molecule has 2 amide bonds. The second-order valence-electron chi connectivity index (χ2n) is 3.31. The molecule has 110 valence electrons. The molecule has 0 aliphatic heterocycles. The standard InChI is InChI=1S/C10H18N2O7/c1-3-18-9(15)6-12(4-5-17-2)10(16)11-19-7-8(13)14/h3-7H2,1-2H3,(H,11,16)(H,13,14). The van der Waals surface area contributed by atoms with Crippen molar-refractivity contribution in [1.29, 1.82) is 0 Å². The molecule has 0 aromatic heterocycles. The van der Waals surface area contributed by atoms with E-state index in [4.69, 9.17) is 14.6 Å². The summed E-state index contributed by atoms with van der Waals surface area (Å²) in [6, 6.07) is -0.744. The molecule has 0 aromatic carbocycles. The van der Waals surface area contributed by atoms with Crippen LogP contribution in [0.25, 0.3) is 0 Å². The molecular formula is C10H18N2O7. The lowest BCUT2D eigenvalue weighted by Gasteiger charge is -2.21. The monoisotopic (exact) mass is 278 g/mol. The maximum atomic E-state index is 11.6. The van der Waals surface area contributed by atoms with Crippen molar-refractivity contribution in [2.75, 3.05) is 40.0 Å². The number of rotatable bonds is 9. The highest BCUT2D eigenvalue weighted by molar-refractivity contribution is 5.80. The number of esters is 1. The van der Waals surface area contributed by atoms with Crippen LogP contribution in [0.5, 0.6) is 0 Å². The first-order chi connectivity index (χ1) is 9.01. The molecule has 0 bridgehead atoms. The summed E-state index contributed by atoms with van der Waals surface area (Å²) in [6.07, 6.45) is 0. The molecule has 2 N–H and O–H groups in total. The lowest BCUT2D eigenvalue weighted by atomic mass is 10.5. The minimum atomic E-state index is -1.23. The number of aliphatic carboxylic acids is 1. The number of methoxy groups -OCH3 is 1. The van der Waals surface area contributed by atoms with E-state index in [1.807, 2.05) is 5.48 Å². The molecule has 0 aliphatic carbocycles. The summed E-state index contributed by atoms with van der Waals surface area (Å²) < 4.78 is 9.51. The van der Waals surface area contributed by atoms with Crippen molar-refractivity contribution in [3.05, 3.63) is 0 Å². The molecule has 0 heterocycles. The lowest BCUT2D eigenvalue weighted by Crippen LogP contribution is -2.45. The molecule has 19 heavy (non-hydrogen) atoms. The van der Waals surface area contributed by atoms with Crippen LogP contribution in [0.3, 0.4) is 0 Å². The van der Waals surface area contributed by atoms with Crippen LogP contribution in [0.15, 0.2) is 0 Å². The average Bonchev–Trinajstić information content (AvgIpc) is 2.34. The number of urea groups is 1. The molecule has 0 aliphatic rings. The zero-order valence-corrected chi connectivity index (χ0v) is 10.9. The number of carboxylic acid groups (broad SMARTS) is 1. The summed E-state index contributed by atoms with van der Waals surface area (Å²) in [5.74, 6) is -1.80. The molecule has 9 heteroatoms. The van der Waals surface area contributed by atoms with Gasteiger partial charge in [0, 0.05) is 13.7 Å². The van der Waals surface area contributed by atoms with Gasteiger partial charge in [0.2, 0.25) is 0 Å². The van der Waals surface area contributed by atoms with Gasteiger partial charge in [-0.15, -0.1) is 0 Å². The van der Waals surface area contributed by atoms with Crippen LogP contribution in [0, 0.1) is 0 Å². The van der Waals surface area contributed by atoms with Crippen LogP contribution in [0.4, 0.5) is 4.79 Å². The molecule has 0 rings (SSSR count). The normalized spacial score (nSPS) is 9.79. The van der Waals surface area contributed by atoms with Crippen molar-refractivity contribution in [3.63, 3.8) is 0 Å². The lowest BCUT2D eigenvalue weighted by molar-refractivity contribution is -0.146. The number of amides is 2. The van der Waals surface area contributed by atoms with Gasteiger partial charge in [-0.3, -0.25) is 9.63 Å². The van der Waals surface area contributed by atoms with Gasteiger partial charge < -0.3 is 19.5 Å². The first-order valence-corrected chi connectivity index (χ1v) is 5.54. The molecule has 9 nitrogen and oxygen atoms in total. The van der Waals surface area contributed by atoms with Crippen LogP contribution in [-0.2, 0) is 23.9 Å². The predicted molar refractivity (Wildman–Crippen MR) is 62.2 cm³/mol. The van der Waals surface area contributed by atoms with Crippen molar-refractivity contribution in [3.8, 4) is 0 Å². The maximum absolute atomic E-state index is 11.6. The maximum Gasteiger partial charge on any atom is 0.341 e. The molecule has 0 saturated carbocycles. The fourth-order valence-electron chi connectivity index (χ4n) is 1.04. The third-order valence-corrected chi connectivity index (χ3v) is 1.83. The first-order valence-electron chi connectivity index (χ1n) is 5.54. The number of carbonyl (C=O) groups is 3. The molecule has 0 atom stereocenters. The van der Waals surface area contributed by atoms with Gasteiger partial charge in [0.1, 0.15) is 6.54 Å². The summed E-state index contributed by atoms with van der Waals surface area (Å²) >= 11 is 0. The smallest absolute Gasteiger partial charge is 0.341 e. The summed E-state index contributed by atoms with van der Waals surface area (Å²) in [5.41, 5.74) is 1.91. The highest BCUT2D eigenvalue weighted by Crippen LogP contribution is 1.93. The zero-order valence-electron chi connectivity index (χ0n) is 10.9. The highest BCUT2D eigenvalue weighted by Gasteiger charge is 2.18. The van der Waals surface area contributed by atoms with E-state index in [1.165, 1.54) is 7.11 Å². The minimum Gasteiger partial charge on any atom is -0.479 e. The number of hydrogen-bond acceptors (Lipinski definition) is 6. The fraction of sp³-hybridized carbons (Fsp3) is 0.700. The van der Waals surface area contributed by atoms with Crippen LogP contribution in [-0.4, -0.2) is 68.0 Å². The number of hydroxylamine groups is 1. The largest absolute Gasteiger partial charge is 0.479 e. The Morgan fingerprint density at radius 3 is 2.53 bits per heavy atom. The van der Waals surface area contributed by atoms with Gasteiger partial charge >= 0.3 is 18.0 Å². The van der Waals surface area contributed by atoms with E-state index in [0.717, 1.165) is 4.90 Å². The predicted octanol–water partition coefficient (Wildman–Crippen LogP) is -0.776. The number of carboxylic acids is 1. The van der Waals surface area contributed by atoms with Gasteiger partial charge in [0.05, 0.1) is 13.2 Å². The SMILES string of the molecule is CCOC(=O)CN(CCOC)C(=O)NOCC(=O)O. The Kier molecular flexibility index (Phi) is 9.10. The van der Waals surface area contributed by atoms with Gasteiger partial charge in [-0.1, -0.05) is 0 Å².